The normalized spacial score (nSPS) is 13.0. The Labute approximate surface area is 146 Å². The fourth-order valence-corrected chi connectivity index (χ4v) is 3.13. The van der Waals surface area contributed by atoms with Gasteiger partial charge in [0.25, 0.3) is 11.8 Å². The summed E-state index contributed by atoms with van der Waals surface area (Å²) in [6.45, 7) is 0. The maximum absolute atomic E-state index is 12.3. The van der Waals surface area contributed by atoms with E-state index in [0.29, 0.717) is 10.8 Å². The lowest BCUT2D eigenvalue weighted by Gasteiger charge is -2.11. The molecule has 2 heterocycles. The molecule has 1 aliphatic rings. The Bertz CT molecular complexity index is 962. The van der Waals surface area contributed by atoms with E-state index >= 15 is 0 Å². The van der Waals surface area contributed by atoms with Gasteiger partial charge in [0.2, 0.25) is 0 Å². The zero-order chi connectivity index (χ0) is 17.4. The molecular formula is C18H10N2O4S. The van der Waals surface area contributed by atoms with Crippen LogP contribution in [0.1, 0.15) is 30.4 Å². The van der Waals surface area contributed by atoms with E-state index in [4.69, 9.17) is 4.84 Å². The number of carbonyl (C=O) groups is 3. The third-order valence-corrected chi connectivity index (χ3v) is 4.48. The number of rotatable bonds is 3. The lowest BCUT2D eigenvalue weighted by molar-refractivity contribution is -0.0581. The minimum atomic E-state index is -0.797. The summed E-state index contributed by atoms with van der Waals surface area (Å²) in [7, 11) is 0. The molecule has 6 nitrogen and oxygen atoms in total. The lowest BCUT2D eigenvalue weighted by Crippen LogP contribution is -2.32. The van der Waals surface area contributed by atoms with Crippen molar-refractivity contribution in [2.45, 2.75) is 0 Å². The van der Waals surface area contributed by atoms with E-state index in [0.717, 1.165) is 17.1 Å². The highest BCUT2D eigenvalue weighted by Gasteiger charge is 2.39. The Kier molecular flexibility index (Phi) is 3.62. The van der Waals surface area contributed by atoms with E-state index in [1.165, 1.54) is 12.1 Å². The first kappa shape index (κ1) is 15.2. The molecule has 0 fully saturated rings. The Morgan fingerprint density at radius 1 is 0.920 bits per heavy atom. The summed E-state index contributed by atoms with van der Waals surface area (Å²) >= 11 is 0.948. The van der Waals surface area contributed by atoms with Gasteiger partial charge in [-0.05, 0) is 29.7 Å². The summed E-state index contributed by atoms with van der Waals surface area (Å²) in [5, 5.41) is 0.495. The van der Waals surface area contributed by atoms with Gasteiger partial charge in [0.05, 0.1) is 16.8 Å². The van der Waals surface area contributed by atoms with Crippen LogP contribution >= 0.6 is 11.5 Å². The van der Waals surface area contributed by atoms with Gasteiger partial charge in [0.15, 0.2) is 0 Å². The number of fused-ring (bicyclic) bond motifs is 1. The molecule has 0 N–H and O–H groups in total. The summed E-state index contributed by atoms with van der Waals surface area (Å²) < 4.78 is 4.21. The van der Waals surface area contributed by atoms with E-state index < -0.39 is 17.8 Å². The molecule has 0 atom stereocenters. The van der Waals surface area contributed by atoms with E-state index in [1.807, 2.05) is 30.3 Å². The molecule has 0 unspecified atom stereocenters. The van der Waals surface area contributed by atoms with Gasteiger partial charge < -0.3 is 4.84 Å². The van der Waals surface area contributed by atoms with Gasteiger partial charge in [0.1, 0.15) is 4.88 Å². The highest BCUT2D eigenvalue weighted by atomic mass is 32.1. The third-order valence-electron chi connectivity index (χ3n) is 3.71. The minimum absolute atomic E-state index is 0.204. The van der Waals surface area contributed by atoms with Gasteiger partial charge in [-0.25, -0.2) is 4.79 Å². The van der Waals surface area contributed by atoms with E-state index in [-0.39, 0.29) is 16.0 Å². The van der Waals surface area contributed by atoms with Crippen molar-refractivity contribution >= 4 is 29.3 Å². The molecule has 0 saturated carbocycles. The summed E-state index contributed by atoms with van der Waals surface area (Å²) in [4.78, 5) is 41.9. The zero-order valence-electron chi connectivity index (χ0n) is 12.7. The first-order chi connectivity index (χ1) is 12.1. The van der Waals surface area contributed by atoms with Crippen LogP contribution in [0.5, 0.6) is 0 Å². The molecule has 2 amide bonds. The van der Waals surface area contributed by atoms with Gasteiger partial charge in [-0.3, -0.25) is 9.59 Å². The molecule has 2 aromatic carbocycles. The Balaban J connectivity index is 1.55. The fraction of sp³-hybridized carbons (Fsp3) is 0. The standard InChI is InChI=1S/C18H10N2O4S/c21-16-12-8-4-5-9-13(12)17(22)20(16)24-18(23)15-10-14(19-25-15)11-6-2-1-3-7-11/h1-10H. The van der Waals surface area contributed by atoms with Crippen molar-refractivity contribution in [2.75, 3.05) is 0 Å². The van der Waals surface area contributed by atoms with Crippen LogP contribution in [0.3, 0.4) is 0 Å². The highest BCUT2D eigenvalue weighted by Crippen LogP contribution is 2.25. The molecule has 25 heavy (non-hydrogen) atoms. The van der Waals surface area contributed by atoms with Crippen molar-refractivity contribution in [1.29, 1.82) is 0 Å². The fourth-order valence-electron chi connectivity index (χ4n) is 2.49. The monoisotopic (exact) mass is 350 g/mol. The smallest absolute Gasteiger partial charge is 0.323 e. The van der Waals surface area contributed by atoms with E-state index in [9.17, 15) is 14.4 Å². The second-order valence-corrected chi connectivity index (χ2v) is 6.08. The van der Waals surface area contributed by atoms with Crippen molar-refractivity contribution in [2.24, 2.45) is 0 Å². The second-order valence-electron chi connectivity index (χ2n) is 5.27. The average molecular weight is 350 g/mol. The van der Waals surface area contributed by atoms with Crippen molar-refractivity contribution in [3.8, 4) is 11.3 Å². The number of aromatic nitrogens is 1. The molecule has 4 rings (SSSR count). The average Bonchev–Trinajstić information content (AvgIpc) is 3.23. The number of carbonyl (C=O) groups excluding carboxylic acids is 3. The summed E-state index contributed by atoms with van der Waals surface area (Å²) in [6.07, 6.45) is 0. The lowest BCUT2D eigenvalue weighted by atomic mass is 10.1. The molecule has 122 valence electrons. The first-order valence-electron chi connectivity index (χ1n) is 7.37. The number of hydroxylamine groups is 2. The van der Waals surface area contributed by atoms with Crippen molar-refractivity contribution in [3.63, 3.8) is 0 Å². The molecule has 0 spiro atoms. The van der Waals surface area contributed by atoms with E-state index in [1.54, 1.807) is 18.2 Å². The molecular weight excluding hydrogens is 340 g/mol. The summed E-state index contributed by atoms with van der Waals surface area (Å²) in [6, 6.07) is 17.2. The van der Waals surface area contributed by atoms with Crippen LogP contribution < -0.4 is 0 Å². The minimum Gasteiger partial charge on any atom is -0.323 e. The van der Waals surface area contributed by atoms with E-state index in [2.05, 4.69) is 4.37 Å². The topological polar surface area (TPSA) is 76.6 Å². The molecule has 0 saturated heterocycles. The van der Waals surface area contributed by atoms with Crippen molar-refractivity contribution < 1.29 is 19.2 Å². The molecule has 1 aliphatic heterocycles. The zero-order valence-corrected chi connectivity index (χ0v) is 13.5. The van der Waals surface area contributed by atoms with Crippen molar-refractivity contribution in [1.82, 2.24) is 9.44 Å². The molecule has 0 aliphatic carbocycles. The molecule has 0 radical (unpaired) electrons. The first-order valence-corrected chi connectivity index (χ1v) is 8.15. The number of imide groups is 1. The molecule has 7 heteroatoms. The van der Waals surface area contributed by atoms with Gasteiger partial charge in [-0.1, -0.05) is 47.5 Å². The number of benzene rings is 2. The van der Waals surface area contributed by atoms with Gasteiger partial charge in [-0.15, -0.1) is 0 Å². The SMILES string of the molecule is O=C(ON1C(=O)c2ccccc2C1=O)c1cc(-c2ccccc2)ns1. The Morgan fingerprint density at radius 2 is 1.52 bits per heavy atom. The highest BCUT2D eigenvalue weighted by molar-refractivity contribution is 7.08. The largest absolute Gasteiger partial charge is 0.375 e. The van der Waals surface area contributed by atoms with Crippen molar-refractivity contribution in [3.05, 3.63) is 76.7 Å². The molecule has 3 aromatic rings. The van der Waals surface area contributed by atoms with Crippen LogP contribution in [0.15, 0.2) is 60.7 Å². The predicted octanol–water partition coefficient (Wildman–Crippen LogP) is 3.18. The van der Waals surface area contributed by atoms with Crippen LogP contribution in [0, 0.1) is 0 Å². The quantitative estimate of drug-likeness (QED) is 0.678. The van der Waals surface area contributed by atoms with Crippen LogP contribution in [-0.4, -0.2) is 27.2 Å². The maximum Gasteiger partial charge on any atom is 0.375 e. The van der Waals surface area contributed by atoms with Crippen LogP contribution in [-0.2, 0) is 4.84 Å². The second kappa shape index (κ2) is 5.95. The van der Waals surface area contributed by atoms with Crippen LogP contribution in [0.4, 0.5) is 0 Å². The van der Waals surface area contributed by atoms with Gasteiger partial charge in [0, 0.05) is 5.56 Å². The number of nitrogens with zero attached hydrogens (tertiary/aromatic N) is 2. The third kappa shape index (κ3) is 2.60. The number of amides is 2. The van der Waals surface area contributed by atoms with Gasteiger partial charge >= 0.3 is 5.97 Å². The summed E-state index contributed by atoms with van der Waals surface area (Å²) in [5.74, 6) is -2.10. The van der Waals surface area contributed by atoms with Crippen LogP contribution in [0.25, 0.3) is 11.3 Å². The summed E-state index contributed by atoms with van der Waals surface area (Å²) in [5.41, 5.74) is 1.92. The van der Waals surface area contributed by atoms with Crippen LogP contribution in [0.2, 0.25) is 0 Å². The predicted molar refractivity (Wildman–Crippen MR) is 89.9 cm³/mol. The Hall–Kier alpha value is -3.32. The maximum atomic E-state index is 12.3. The van der Waals surface area contributed by atoms with Gasteiger partial charge in [-0.2, -0.15) is 4.37 Å². The molecule has 0 bridgehead atoms. The Morgan fingerprint density at radius 3 is 2.16 bits per heavy atom. The number of hydrogen-bond donors (Lipinski definition) is 0. The molecule has 1 aromatic heterocycles. The number of hydrogen-bond acceptors (Lipinski definition) is 6.